The Bertz CT molecular complexity index is 132. The van der Waals surface area contributed by atoms with Crippen LogP contribution in [-0.4, -0.2) is 19.0 Å². The van der Waals surface area contributed by atoms with Crippen LogP contribution in [0.2, 0.25) is 0 Å². The van der Waals surface area contributed by atoms with Gasteiger partial charge in [-0.05, 0) is 6.92 Å². The summed E-state index contributed by atoms with van der Waals surface area (Å²) in [6.07, 6.45) is 0.222. The fourth-order valence-electron chi connectivity index (χ4n) is 0.520. The average Bonchev–Trinajstić information content (AvgIpc) is 1.82. The number of hydrogen-bond donors (Lipinski definition) is 1. The predicted molar refractivity (Wildman–Crippen MR) is 39.4 cm³/mol. The zero-order valence-electron chi connectivity index (χ0n) is 6.22. The van der Waals surface area contributed by atoms with Gasteiger partial charge < -0.3 is 10.5 Å². The number of Topliss-reactive ketones (excluding diaryl/α,β-unsaturated/α-hetero) is 1. The second kappa shape index (κ2) is 4.99. The topological polar surface area (TPSA) is 52.3 Å². The largest absolute Gasteiger partial charge is 0.402 e. The molecule has 0 aromatic rings. The van der Waals surface area contributed by atoms with Gasteiger partial charge in [-0.3, -0.25) is 4.79 Å². The molecule has 0 amide bonds. The van der Waals surface area contributed by atoms with Crippen molar-refractivity contribution in [1.29, 1.82) is 0 Å². The number of ketones is 1. The number of carbonyl (C=O) groups is 1. The van der Waals surface area contributed by atoms with Crippen molar-refractivity contribution in [2.45, 2.75) is 13.3 Å². The van der Waals surface area contributed by atoms with Crippen molar-refractivity contribution in [2.24, 2.45) is 5.73 Å². The highest BCUT2D eigenvalue weighted by atomic mass is 16.5. The number of nitrogens with two attached hydrogens (primary N) is 1. The molecule has 0 atom stereocenters. The molecule has 3 nitrogen and oxygen atoms in total. The lowest BCUT2D eigenvalue weighted by atomic mass is 10.2. The van der Waals surface area contributed by atoms with E-state index in [0.717, 1.165) is 0 Å². The standard InChI is InChI=1S/C7H13NO2/c1-3-10-5-7(9)4-6(2)8/h2-5,8H2,1H3. The van der Waals surface area contributed by atoms with E-state index in [1.807, 2.05) is 6.92 Å². The maximum Gasteiger partial charge on any atom is 0.164 e. The Hall–Kier alpha value is -0.830. The highest BCUT2D eigenvalue weighted by molar-refractivity contribution is 5.81. The third-order valence-corrected chi connectivity index (χ3v) is 0.891. The lowest BCUT2D eigenvalue weighted by Crippen LogP contribution is -2.11. The Labute approximate surface area is 60.9 Å². The molecule has 0 bridgehead atoms. The van der Waals surface area contributed by atoms with Crippen molar-refractivity contribution in [1.82, 2.24) is 0 Å². The zero-order chi connectivity index (χ0) is 7.98. The molecule has 0 aromatic carbocycles. The van der Waals surface area contributed by atoms with Crippen molar-refractivity contribution in [3.05, 3.63) is 12.3 Å². The molecule has 58 valence electrons. The smallest absolute Gasteiger partial charge is 0.164 e. The Kier molecular flexibility index (Phi) is 4.58. The summed E-state index contributed by atoms with van der Waals surface area (Å²) in [7, 11) is 0. The minimum absolute atomic E-state index is 0.0191. The fraction of sp³-hybridized carbons (Fsp3) is 0.571. The molecule has 0 spiro atoms. The summed E-state index contributed by atoms with van der Waals surface area (Å²) < 4.78 is 4.85. The minimum atomic E-state index is -0.0191. The van der Waals surface area contributed by atoms with Gasteiger partial charge in [0, 0.05) is 18.7 Å². The average molecular weight is 143 g/mol. The molecular weight excluding hydrogens is 130 g/mol. The van der Waals surface area contributed by atoms with Gasteiger partial charge in [0.1, 0.15) is 6.61 Å². The number of rotatable bonds is 5. The van der Waals surface area contributed by atoms with Crippen LogP contribution in [0.15, 0.2) is 12.3 Å². The van der Waals surface area contributed by atoms with E-state index >= 15 is 0 Å². The minimum Gasteiger partial charge on any atom is -0.402 e. The van der Waals surface area contributed by atoms with Gasteiger partial charge in [0.2, 0.25) is 0 Å². The van der Waals surface area contributed by atoms with Gasteiger partial charge in [0.25, 0.3) is 0 Å². The van der Waals surface area contributed by atoms with Crippen LogP contribution < -0.4 is 5.73 Å². The van der Waals surface area contributed by atoms with E-state index in [1.54, 1.807) is 0 Å². The maximum absolute atomic E-state index is 10.7. The Morgan fingerprint density at radius 1 is 1.70 bits per heavy atom. The second-order valence-corrected chi connectivity index (χ2v) is 2.01. The lowest BCUT2D eigenvalue weighted by molar-refractivity contribution is -0.122. The number of allylic oxidation sites excluding steroid dienone is 1. The molecule has 0 rings (SSSR count). The molecule has 2 N–H and O–H groups in total. The summed E-state index contributed by atoms with van der Waals surface area (Å²) in [6, 6.07) is 0. The van der Waals surface area contributed by atoms with Crippen molar-refractivity contribution >= 4 is 5.78 Å². The summed E-state index contributed by atoms with van der Waals surface area (Å²) in [5, 5.41) is 0. The first-order chi connectivity index (χ1) is 4.66. The third kappa shape index (κ3) is 5.31. The lowest BCUT2D eigenvalue weighted by Gasteiger charge is -1.98. The van der Waals surface area contributed by atoms with E-state index in [-0.39, 0.29) is 18.8 Å². The Morgan fingerprint density at radius 2 is 2.30 bits per heavy atom. The first-order valence-electron chi connectivity index (χ1n) is 3.19. The fourth-order valence-corrected chi connectivity index (χ4v) is 0.520. The molecule has 0 aliphatic carbocycles. The molecule has 0 saturated heterocycles. The van der Waals surface area contributed by atoms with Crippen LogP contribution in [0.25, 0.3) is 0 Å². The van der Waals surface area contributed by atoms with E-state index in [1.165, 1.54) is 0 Å². The van der Waals surface area contributed by atoms with Crippen molar-refractivity contribution in [3.8, 4) is 0 Å². The molecular formula is C7H13NO2. The number of ether oxygens (including phenoxy) is 1. The quantitative estimate of drug-likeness (QED) is 0.608. The van der Waals surface area contributed by atoms with Crippen molar-refractivity contribution in [2.75, 3.05) is 13.2 Å². The normalized spacial score (nSPS) is 9.30. The first-order valence-corrected chi connectivity index (χ1v) is 3.19. The number of carbonyl (C=O) groups excluding carboxylic acids is 1. The first kappa shape index (κ1) is 9.17. The van der Waals surface area contributed by atoms with E-state index in [9.17, 15) is 4.79 Å². The molecule has 0 aliphatic rings. The van der Waals surface area contributed by atoms with Gasteiger partial charge in [0.05, 0.1) is 0 Å². The molecule has 0 fully saturated rings. The molecule has 10 heavy (non-hydrogen) atoms. The summed E-state index contributed by atoms with van der Waals surface area (Å²) in [4.78, 5) is 10.7. The maximum atomic E-state index is 10.7. The SMILES string of the molecule is C=C(N)CC(=O)COCC. The van der Waals surface area contributed by atoms with E-state index in [4.69, 9.17) is 10.5 Å². The van der Waals surface area contributed by atoms with Gasteiger partial charge in [-0.25, -0.2) is 0 Å². The van der Waals surface area contributed by atoms with Crippen LogP contribution in [0.5, 0.6) is 0 Å². The van der Waals surface area contributed by atoms with Crippen molar-refractivity contribution < 1.29 is 9.53 Å². The molecule has 0 unspecified atom stereocenters. The molecule has 0 aromatic heterocycles. The van der Waals surface area contributed by atoms with Crippen LogP contribution in [0.1, 0.15) is 13.3 Å². The molecule has 0 radical (unpaired) electrons. The van der Waals surface area contributed by atoms with E-state index in [0.29, 0.717) is 12.3 Å². The van der Waals surface area contributed by atoms with Gasteiger partial charge in [0.15, 0.2) is 5.78 Å². The molecule has 0 heterocycles. The second-order valence-electron chi connectivity index (χ2n) is 2.01. The monoisotopic (exact) mass is 143 g/mol. The number of hydrogen-bond acceptors (Lipinski definition) is 3. The summed E-state index contributed by atoms with van der Waals surface area (Å²) in [5.74, 6) is -0.0191. The highest BCUT2D eigenvalue weighted by Crippen LogP contribution is 1.90. The summed E-state index contributed by atoms with van der Waals surface area (Å²) in [5.41, 5.74) is 5.59. The molecule has 0 aliphatic heterocycles. The zero-order valence-corrected chi connectivity index (χ0v) is 6.22. The van der Waals surface area contributed by atoms with Crippen LogP contribution in [0.4, 0.5) is 0 Å². The Morgan fingerprint density at radius 3 is 2.70 bits per heavy atom. The van der Waals surface area contributed by atoms with Crippen molar-refractivity contribution in [3.63, 3.8) is 0 Å². The molecule has 0 saturated carbocycles. The van der Waals surface area contributed by atoms with Crippen LogP contribution in [-0.2, 0) is 9.53 Å². The predicted octanol–water partition coefficient (Wildman–Crippen LogP) is 0.455. The van der Waals surface area contributed by atoms with E-state index in [2.05, 4.69) is 6.58 Å². The summed E-state index contributed by atoms with van der Waals surface area (Å²) in [6.45, 7) is 5.95. The summed E-state index contributed by atoms with van der Waals surface area (Å²) >= 11 is 0. The van der Waals surface area contributed by atoms with E-state index < -0.39 is 0 Å². The van der Waals surface area contributed by atoms with Gasteiger partial charge in [-0.1, -0.05) is 6.58 Å². The van der Waals surface area contributed by atoms with Gasteiger partial charge >= 0.3 is 0 Å². The Balaban J connectivity index is 3.35. The van der Waals surface area contributed by atoms with Gasteiger partial charge in [-0.15, -0.1) is 0 Å². The third-order valence-electron chi connectivity index (χ3n) is 0.891. The highest BCUT2D eigenvalue weighted by Gasteiger charge is 2.00. The van der Waals surface area contributed by atoms with Gasteiger partial charge in [-0.2, -0.15) is 0 Å². The molecule has 3 heteroatoms. The van der Waals surface area contributed by atoms with Crippen LogP contribution >= 0.6 is 0 Å². The van der Waals surface area contributed by atoms with Crippen LogP contribution in [0, 0.1) is 0 Å². The van der Waals surface area contributed by atoms with Crippen LogP contribution in [0.3, 0.4) is 0 Å².